The molecule has 0 aliphatic rings. The number of H-pyrrole nitrogens is 1. The summed E-state index contributed by atoms with van der Waals surface area (Å²) in [5.41, 5.74) is 7.71. The standard InChI is InChI=1S/C23H25F2N5O2S.CH4O3S/c1-12(2)33(31,32)30-18-10-13(6-9-17(18)27-22(30)26)19-20(29-21(28-19)23(3,4)5)15-8-7-14(24)11-16(15)25;1-5(2,3)4/h6-12H,1-5H3,(H2,26,27)(H,28,29);1H3,(H,2,3,4). The number of hydrogen-bond donors (Lipinski definition) is 3. The van der Waals surface area contributed by atoms with Gasteiger partial charge in [0.05, 0.1) is 33.9 Å². The lowest BCUT2D eigenvalue weighted by molar-refractivity contribution is 0.490. The van der Waals surface area contributed by atoms with Crippen molar-refractivity contribution in [1.29, 1.82) is 0 Å². The fraction of sp³-hybridized carbons (Fsp3) is 0.333. The molecule has 0 spiro atoms. The van der Waals surface area contributed by atoms with Gasteiger partial charge < -0.3 is 10.7 Å². The van der Waals surface area contributed by atoms with Crippen molar-refractivity contribution >= 4 is 37.1 Å². The summed E-state index contributed by atoms with van der Waals surface area (Å²) < 4.78 is 81.0. The lowest BCUT2D eigenvalue weighted by Crippen LogP contribution is -2.23. The highest BCUT2D eigenvalue weighted by Gasteiger charge is 2.27. The third-order valence-electron chi connectivity index (χ3n) is 5.38. The quantitative estimate of drug-likeness (QED) is 0.306. The molecule has 0 fully saturated rings. The molecule has 2 heterocycles. The van der Waals surface area contributed by atoms with Crippen LogP contribution in [0.3, 0.4) is 0 Å². The SMILES string of the molecule is CC(C)S(=O)(=O)n1c(N)nc2ccc(-c3nc(C(C)(C)C)[nH]c3-c3ccc(F)cc3F)cc21.CS(=O)(=O)O. The van der Waals surface area contributed by atoms with Crippen LogP contribution in [-0.4, -0.2) is 51.8 Å². The van der Waals surface area contributed by atoms with Crippen molar-refractivity contribution in [2.75, 3.05) is 12.0 Å². The lowest BCUT2D eigenvalue weighted by Gasteiger charge is -2.14. The minimum absolute atomic E-state index is 0.141. The molecule has 14 heteroatoms. The average Bonchev–Trinajstić information content (AvgIpc) is 3.33. The van der Waals surface area contributed by atoms with Gasteiger partial charge in [-0.3, -0.25) is 4.55 Å². The molecule has 0 saturated heterocycles. The summed E-state index contributed by atoms with van der Waals surface area (Å²) in [4.78, 5) is 12.1. The Bertz CT molecular complexity index is 1710. The molecule has 206 valence electrons. The van der Waals surface area contributed by atoms with E-state index < -0.39 is 37.0 Å². The highest BCUT2D eigenvalue weighted by atomic mass is 32.2. The maximum absolute atomic E-state index is 14.7. The fourth-order valence-corrected chi connectivity index (χ4v) is 4.67. The largest absolute Gasteiger partial charge is 0.368 e. The number of nitrogens with two attached hydrogens (primary N) is 1. The van der Waals surface area contributed by atoms with Crippen molar-refractivity contribution in [3.8, 4) is 22.5 Å². The van der Waals surface area contributed by atoms with Crippen molar-refractivity contribution in [1.82, 2.24) is 18.9 Å². The molecular weight excluding hydrogens is 540 g/mol. The molecule has 10 nitrogen and oxygen atoms in total. The highest BCUT2D eigenvalue weighted by Crippen LogP contribution is 2.36. The number of hydrogen-bond acceptors (Lipinski definition) is 7. The molecule has 4 aromatic rings. The van der Waals surface area contributed by atoms with Crippen LogP contribution in [0.1, 0.15) is 40.4 Å². The highest BCUT2D eigenvalue weighted by molar-refractivity contribution is 7.90. The molecule has 4 rings (SSSR count). The molecule has 0 unspecified atom stereocenters. The second kappa shape index (κ2) is 10.1. The Labute approximate surface area is 219 Å². The van der Waals surface area contributed by atoms with Gasteiger partial charge >= 0.3 is 0 Å². The van der Waals surface area contributed by atoms with Crippen LogP contribution in [-0.2, 0) is 25.6 Å². The van der Waals surface area contributed by atoms with Crippen molar-refractivity contribution in [2.45, 2.75) is 45.3 Å². The van der Waals surface area contributed by atoms with Crippen LogP contribution in [0.25, 0.3) is 33.5 Å². The summed E-state index contributed by atoms with van der Waals surface area (Å²) in [5, 5.41) is -0.720. The Morgan fingerprint density at radius 3 is 2.16 bits per heavy atom. The van der Waals surface area contributed by atoms with Gasteiger partial charge in [0.2, 0.25) is 16.0 Å². The second-order valence-corrected chi connectivity index (χ2v) is 13.8. The number of fused-ring (bicyclic) bond motifs is 1. The predicted molar refractivity (Wildman–Crippen MR) is 143 cm³/mol. The summed E-state index contributed by atoms with van der Waals surface area (Å²) in [6.45, 7) is 8.98. The lowest BCUT2D eigenvalue weighted by atomic mass is 9.96. The summed E-state index contributed by atoms with van der Waals surface area (Å²) in [6, 6.07) is 8.31. The molecule has 0 saturated carbocycles. The van der Waals surface area contributed by atoms with E-state index in [0.717, 1.165) is 10.0 Å². The van der Waals surface area contributed by atoms with Gasteiger partial charge in [-0.1, -0.05) is 26.8 Å². The number of aromatic amines is 1. The van der Waals surface area contributed by atoms with E-state index in [1.165, 1.54) is 12.1 Å². The first-order chi connectivity index (χ1) is 17.3. The van der Waals surface area contributed by atoms with Gasteiger partial charge in [0.15, 0.2) is 0 Å². The van der Waals surface area contributed by atoms with E-state index in [2.05, 4.69) is 9.97 Å². The van der Waals surface area contributed by atoms with E-state index in [-0.39, 0.29) is 16.9 Å². The van der Waals surface area contributed by atoms with Crippen LogP contribution >= 0.6 is 0 Å². The molecule has 2 aromatic carbocycles. The van der Waals surface area contributed by atoms with Gasteiger partial charge in [0, 0.05) is 22.6 Å². The monoisotopic (exact) mass is 569 g/mol. The van der Waals surface area contributed by atoms with Gasteiger partial charge in [-0.2, -0.15) is 8.42 Å². The van der Waals surface area contributed by atoms with Crippen LogP contribution in [0.4, 0.5) is 14.7 Å². The van der Waals surface area contributed by atoms with Gasteiger partial charge in [-0.15, -0.1) is 0 Å². The molecule has 0 radical (unpaired) electrons. The van der Waals surface area contributed by atoms with Gasteiger partial charge in [-0.05, 0) is 38.1 Å². The number of aromatic nitrogens is 4. The normalized spacial score (nSPS) is 12.6. The van der Waals surface area contributed by atoms with Crippen LogP contribution in [0.2, 0.25) is 0 Å². The maximum atomic E-state index is 14.7. The molecular formula is C24H29F2N5O5S2. The third-order valence-corrected chi connectivity index (χ3v) is 7.46. The Balaban J connectivity index is 0.000000732. The van der Waals surface area contributed by atoms with Gasteiger partial charge in [0.25, 0.3) is 10.1 Å². The summed E-state index contributed by atoms with van der Waals surface area (Å²) in [5.74, 6) is -0.969. The molecule has 38 heavy (non-hydrogen) atoms. The molecule has 0 aliphatic heterocycles. The van der Waals surface area contributed by atoms with E-state index in [1.807, 2.05) is 20.8 Å². The maximum Gasteiger partial charge on any atom is 0.261 e. The Morgan fingerprint density at radius 2 is 1.63 bits per heavy atom. The number of benzene rings is 2. The van der Waals surface area contributed by atoms with Crippen molar-refractivity contribution < 1.29 is 30.2 Å². The first-order valence-electron chi connectivity index (χ1n) is 11.3. The van der Waals surface area contributed by atoms with E-state index >= 15 is 0 Å². The third kappa shape index (κ3) is 6.19. The van der Waals surface area contributed by atoms with Crippen LogP contribution in [0.15, 0.2) is 36.4 Å². The fourth-order valence-electron chi connectivity index (χ4n) is 3.52. The zero-order valence-electron chi connectivity index (χ0n) is 21.6. The predicted octanol–water partition coefficient (Wildman–Crippen LogP) is 4.34. The zero-order chi connectivity index (χ0) is 28.8. The van der Waals surface area contributed by atoms with Crippen LogP contribution < -0.4 is 5.73 Å². The van der Waals surface area contributed by atoms with Crippen molar-refractivity contribution in [2.24, 2.45) is 0 Å². The Morgan fingerprint density at radius 1 is 1.03 bits per heavy atom. The molecule has 0 atom stereocenters. The second-order valence-electron chi connectivity index (χ2n) is 9.95. The number of halogens is 2. The molecule has 0 aliphatic carbocycles. The smallest absolute Gasteiger partial charge is 0.261 e. The van der Waals surface area contributed by atoms with Crippen LogP contribution in [0, 0.1) is 11.6 Å². The first-order valence-corrected chi connectivity index (χ1v) is 14.7. The molecule has 2 aromatic heterocycles. The van der Waals surface area contributed by atoms with Crippen molar-refractivity contribution in [3.63, 3.8) is 0 Å². The van der Waals surface area contributed by atoms with Crippen molar-refractivity contribution in [3.05, 3.63) is 53.9 Å². The van der Waals surface area contributed by atoms with Crippen LogP contribution in [0.5, 0.6) is 0 Å². The Kier molecular flexibility index (Phi) is 7.74. The molecule has 0 amide bonds. The van der Waals surface area contributed by atoms with Gasteiger partial charge in [-0.25, -0.2) is 31.1 Å². The summed E-state index contributed by atoms with van der Waals surface area (Å²) >= 11 is 0. The van der Waals surface area contributed by atoms with E-state index in [9.17, 15) is 25.6 Å². The van der Waals surface area contributed by atoms with Gasteiger partial charge in [0.1, 0.15) is 17.5 Å². The number of nitrogens with zero attached hydrogens (tertiary/aromatic N) is 3. The molecule has 0 bridgehead atoms. The summed E-state index contributed by atoms with van der Waals surface area (Å²) in [6.07, 6.45) is 0.715. The van der Waals surface area contributed by atoms with E-state index in [1.54, 1.807) is 32.0 Å². The first kappa shape index (κ1) is 29.2. The number of imidazole rings is 2. The summed E-state index contributed by atoms with van der Waals surface area (Å²) in [7, 11) is -7.45. The minimum atomic E-state index is -3.78. The topological polar surface area (TPSA) is 161 Å². The molecule has 4 N–H and O–H groups in total. The number of nitrogens with one attached hydrogen (secondary N) is 1. The average molecular weight is 570 g/mol. The number of nitrogen functional groups attached to an aromatic ring is 1. The van der Waals surface area contributed by atoms with E-state index in [4.69, 9.17) is 15.3 Å². The number of anilines is 1. The number of rotatable bonds is 4. The Hall–Kier alpha value is -3.36. The zero-order valence-corrected chi connectivity index (χ0v) is 23.2. The van der Waals surface area contributed by atoms with E-state index in [0.29, 0.717) is 40.1 Å². The minimum Gasteiger partial charge on any atom is -0.368 e.